The zero-order valence-corrected chi connectivity index (χ0v) is 21.3. The second kappa shape index (κ2) is 8.55. The monoisotopic (exact) mass is 532 g/mol. The van der Waals surface area contributed by atoms with E-state index in [4.69, 9.17) is 10.5 Å². The molecule has 2 atom stereocenters. The number of nitrogens with one attached hydrogen (secondary N) is 2. The van der Waals surface area contributed by atoms with Crippen LogP contribution >= 0.6 is 11.3 Å². The zero-order valence-electron chi connectivity index (χ0n) is 20.5. The Kier molecular flexibility index (Phi) is 5.22. The predicted octanol–water partition coefficient (Wildman–Crippen LogP) is 1.95. The van der Waals surface area contributed by atoms with Crippen LogP contribution in [0.1, 0.15) is 46.5 Å². The fraction of sp³-hybridized carbons (Fsp3) is 0.480. The number of fused-ring (bicyclic) bond motifs is 4. The van der Waals surface area contributed by atoms with Crippen LogP contribution in [0.25, 0.3) is 0 Å². The summed E-state index contributed by atoms with van der Waals surface area (Å²) in [4.78, 5) is 14.7. The van der Waals surface area contributed by atoms with Gasteiger partial charge in [-0.15, -0.1) is 11.3 Å². The number of nitrogens with zero attached hydrogens (tertiary/aromatic N) is 7. The number of ether oxygens (including phenoxy) is 1. The summed E-state index contributed by atoms with van der Waals surface area (Å²) in [6.45, 7) is 2.61. The molecule has 0 amide bonds. The number of H-pyrrole nitrogens is 1. The minimum atomic E-state index is -0.497. The summed E-state index contributed by atoms with van der Waals surface area (Å²) in [5.41, 5.74) is 8.23. The number of rotatable bonds is 5. The number of nitrogen functional groups attached to an aromatic ring is 1. The van der Waals surface area contributed by atoms with Gasteiger partial charge in [-0.2, -0.15) is 25.6 Å². The third kappa shape index (κ3) is 3.50. The van der Waals surface area contributed by atoms with Crippen molar-refractivity contribution in [1.82, 2.24) is 25.5 Å². The van der Waals surface area contributed by atoms with E-state index in [1.807, 2.05) is 0 Å². The van der Waals surface area contributed by atoms with Gasteiger partial charge in [0.15, 0.2) is 17.5 Å². The molecule has 13 heteroatoms. The number of hydrogen-bond acceptors (Lipinski definition) is 11. The summed E-state index contributed by atoms with van der Waals surface area (Å²) < 4.78 is 19.8. The fourth-order valence-electron chi connectivity index (χ4n) is 6.52. The number of thiophene rings is 1. The van der Waals surface area contributed by atoms with Crippen molar-refractivity contribution >= 4 is 28.0 Å². The quantitative estimate of drug-likeness (QED) is 0.444. The lowest BCUT2D eigenvalue weighted by atomic mass is 9.74. The van der Waals surface area contributed by atoms with E-state index < -0.39 is 5.82 Å². The SMILES string of the molecule is N#Cc1c(N2CC3CCC(C2)N3)nc(OCc2[nH]ncc2F)nc1N1CC2(CCc3sc(N)c(C#N)c32)C1. The van der Waals surface area contributed by atoms with Gasteiger partial charge in [-0.3, -0.25) is 5.10 Å². The van der Waals surface area contributed by atoms with Crippen LogP contribution in [0.5, 0.6) is 6.01 Å². The first-order chi connectivity index (χ1) is 18.5. The van der Waals surface area contributed by atoms with Crippen molar-refractivity contribution in [3.8, 4) is 18.1 Å². The van der Waals surface area contributed by atoms with Crippen LogP contribution in [0, 0.1) is 28.5 Å². The lowest BCUT2D eigenvalue weighted by Gasteiger charge is -2.49. The number of aromatic nitrogens is 4. The van der Waals surface area contributed by atoms with E-state index in [-0.39, 0.29) is 23.7 Å². The van der Waals surface area contributed by atoms with Crippen molar-refractivity contribution < 1.29 is 9.13 Å². The van der Waals surface area contributed by atoms with E-state index >= 15 is 0 Å². The molecule has 0 radical (unpaired) electrons. The number of nitrogens with two attached hydrogens (primary N) is 1. The van der Waals surface area contributed by atoms with E-state index in [9.17, 15) is 14.9 Å². The zero-order chi connectivity index (χ0) is 26.0. The lowest BCUT2D eigenvalue weighted by Crippen LogP contribution is -2.59. The van der Waals surface area contributed by atoms with Crippen LogP contribution in [0.2, 0.25) is 0 Å². The molecule has 3 aromatic rings. The molecule has 2 bridgehead atoms. The van der Waals surface area contributed by atoms with Gasteiger partial charge in [-0.05, 0) is 31.2 Å². The van der Waals surface area contributed by atoms with E-state index in [1.54, 1.807) is 0 Å². The lowest BCUT2D eigenvalue weighted by molar-refractivity contribution is 0.269. The molecule has 6 heterocycles. The van der Waals surface area contributed by atoms with Crippen molar-refractivity contribution in [3.05, 3.63) is 39.3 Å². The summed E-state index contributed by atoms with van der Waals surface area (Å²) in [6, 6.07) is 5.44. The van der Waals surface area contributed by atoms with E-state index in [0.29, 0.717) is 52.9 Å². The summed E-state index contributed by atoms with van der Waals surface area (Å²) in [5, 5.41) is 30.5. The highest BCUT2D eigenvalue weighted by molar-refractivity contribution is 7.16. The second-order valence-corrected chi connectivity index (χ2v) is 11.7. The van der Waals surface area contributed by atoms with Crippen molar-refractivity contribution in [2.24, 2.45) is 0 Å². The average Bonchev–Trinajstić information content (AvgIpc) is 3.64. The molecule has 7 rings (SSSR count). The van der Waals surface area contributed by atoms with Crippen LogP contribution in [0.15, 0.2) is 6.20 Å². The molecule has 194 valence electrons. The summed E-state index contributed by atoms with van der Waals surface area (Å²) in [7, 11) is 0. The van der Waals surface area contributed by atoms with Crippen LogP contribution in [-0.2, 0) is 18.4 Å². The Labute approximate surface area is 222 Å². The molecule has 3 saturated heterocycles. The van der Waals surface area contributed by atoms with Gasteiger partial charge in [-0.25, -0.2) is 4.39 Å². The van der Waals surface area contributed by atoms with Crippen LogP contribution < -0.4 is 25.6 Å². The minimum absolute atomic E-state index is 0.0828. The molecule has 2 unspecified atom stereocenters. The van der Waals surface area contributed by atoms with Crippen molar-refractivity contribution in [2.75, 3.05) is 41.7 Å². The molecule has 11 nitrogen and oxygen atoms in total. The Bertz CT molecular complexity index is 1500. The van der Waals surface area contributed by atoms with E-state index in [0.717, 1.165) is 50.5 Å². The maximum Gasteiger partial charge on any atom is 0.320 e. The predicted molar refractivity (Wildman–Crippen MR) is 137 cm³/mol. The highest BCUT2D eigenvalue weighted by Gasteiger charge is 2.52. The van der Waals surface area contributed by atoms with Crippen LogP contribution in [0.3, 0.4) is 0 Å². The summed E-state index contributed by atoms with van der Waals surface area (Å²) in [6.07, 6.45) is 5.10. The molecule has 3 aromatic heterocycles. The Morgan fingerprint density at radius 1 is 1.13 bits per heavy atom. The second-order valence-electron chi connectivity index (χ2n) is 10.6. The molecule has 4 N–H and O–H groups in total. The molecule has 0 saturated carbocycles. The van der Waals surface area contributed by atoms with Gasteiger partial charge in [0.05, 0.1) is 11.8 Å². The van der Waals surface area contributed by atoms with E-state index in [2.05, 4.69) is 47.4 Å². The smallest absolute Gasteiger partial charge is 0.320 e. The standard InChI is InChI=1S/C25H25FN10OS/c26-17-7-30-34-18(17)10-37-24-32-22(35-8-13-1-2-14(9-35)31-13)16(6-28)23(33-24)36-11-25(12-36)4-3-19-20(25)15(5-27)21(29)38-19/h7,13-14,31H,1-4,8-12,29H2,(H,30,34). The van der Waals surface area contributed by atoms with Crippen LogP contribution in [-0.4, -0.2) is 58.4 Å². The third-order valence-corrected chi connectivity index (χ3v) is 9.34. The number of aromatic amines is 1. The van der Waals surface area contributed by atoms with Gasteiger partial charge in [-0.1, -0.05) is 0 Å². The van der Waals surface area contributed by atoms with Gasteiger partial charge in [0.2, 0.25) is 0 Å². The Morgan fingerprint density at radius 3 is 2.50 bits per heavy atom. The van der Waals surface area contributed by atoms with Crippen molar-refractivity contribution in [2.45, 2.75) is 49.8 Å². The molecule has 0 aromatic carbocycles. The maximum atomic E-state index is 13.9. The number of hydrogen-bond donors (Lipinski definition) is 3. The number of anilines is 3. The van der Waals surface area contributed by atoms with Crippen molar-refractivity contribution in [1.29, 1.82) is 10.5 Å². The number of nitriles is 2. The van der Waals surface area contributed by atoms with Gasteiger partial charge >= 0.3 is 6.01 Å². The molecule has 4 aliphatic rings. The van der Waals surface area contributed by atoms with Gasteiger partial charge in [0.25, 0.3) is 0 Å². The minimum Gasteiger partial charge on any atom is -0.457 e. The molecular formula is C25H25FN10OS. The number of piperazine rings is 1. The highest BCUT2D eigenvalue weighted by Crippen LogP contribution is 2.53. The van der Waals surface area contributed by atoms with Gasteiger partial charge < -0.3 is 25.6 Å². The maximum absolute atomic E-state index is 13.9. The third-order valence-electron chi connectivity index (χ3n) is 8.26. The number of aryl methyl sites for hydroxylation is 1. The average molecular weight is 533 g/mol. The summed E-state index contributed by atoms with van der Waals surface area (Å²) in [5.74, 6) is 0.550. The highest BCUT2D eigenvalue weighted by atomic mass is 32.1. The topological polar surface area (TPSA) is 156 Å². The molecule has 1 aliphatic carbocycles. The molecule has 1 spiro atoms. The van der Waals surface area contributed by atoms with Crippen molar-refractivity contribution in [3.63, 3.8) is 0 Å². The Balaban J connectivity index is 1.24. The summed E-state index contributed by atoms with van der Waals surface area (Å²) >= 11 is 1.51. The van der Waals surface area contributed by atoms with Crippen LogP contribution in [0.4, 0.5) is 21.0 Å². The molecule has 3 aliphatic heterocycles. The Morgan fingerprint density at radius 2 is 1.84 bits per heavy atom. The largest absolute Gasteiger partial charge is 0.457 e. The first-order valence-electron chi connectivity index (χ1n) is 12.7. The number of halogens is 1. The molecular weight excluding hydrogens is 507 g/mol. The normalized spacial score (nSPS) is 22.7. The fourth-order valence-corrected chi connectivity index (χ4v) is 7.66. The first kappa shape index (κ1) is 23.2. The Hall–Kier alpha value is -3.94. The van der Waals surface area contributed by atoms with Gasteiger partial charge in [0, 0.05) is 48.6 Å². The molecule has 3 fully saturated rings. The van der Waals surface area contributed by atoms with Gasteiger partial charge in [0.1, 0.15) is 35.0 Å². The van der Waals surface area contributed by atoms with E-state index in [1.165, 1.54) is 16.2 Å². The first-order valence-corrected chi connectivity index (χ1v) is 13.5. The molecule has 38 heavy (non-hydrogen) atoms.